The Kier molecular flexibility index (Phi) is 3.52. The van der Waals surface area contributed by atoms with Gasteiger partial charge in [0.2, 0.25) is 5.91 Å². The highest BCUT2D eigenvalue weighted by Gasteiger charge is 2.47. The zero-order valence-corrected chi connectivity index (χ0v) is 11.3. The third kappa shape index (κ3) is 2.52. The van der Waals surface area contributed by atoms with E-state index >= 15 is 0 Å². The van der Waals surface area contributed by atoms with Gasteiger partial charge in [0.1, 0.15) is 5.82 Å². The number of carbonyl (C=O) groups excluding carboxylic acids is 1. The molecule has 0 radical (unpaired) electrons. The molecule has 116 valence electrons. The second-order valence-electron chi connectivity index (χ2n) is 5.11. The molecule has 7 heteroatoms. The molecule has 0 saturated carbocycles. The molecule has 1 atom stereocenters. The van der Waals surface area contributed by atoms with Crippen molar-refractivity contribution in [3.63, 3.8) is 0 Å². The first-order chi connectivity index (χ1) is 10.4. The van der Waals surface area contributed by atoms with Gasteiger partial charge in [0, 0.05) is 18.4 Å². The molecule has 1 unspecified atom stereocenters. The van der Waals surface area contributed by atoms with E-state index in [0.717, 1.165) is 11.1 Å². The fourth-order valence-electron chi connectivity index (χ4n) is 2.76. The number of fused-ring (bicyclic) bond motifs is 1. The van der Waals surface area contributed by atoms with Gasteiger partial charge < -0.3 is 0 Å². The Hall–Kier alpha value is -2.15. The van der Waals surface area contributed by atoms with Gasteiger partial charge in [-0.25, -0.2) is 9.40 Å². The third-order valence-corrected chi connectivity index (χ3v) is 3.65. The Morgan fingerprint density at radius 3 is 2.41 bits per heavy atom. The Morgan fingerprint density at radius 2 is 1.82 bits per heavy atom. The van der Waals surface area contributed by atoms with Crippen LogP contribution in [0.4, 0.5) is 17.6 Å². The fraction of sp³-hybridized carbons (Fsp3) is 0.267. The summed E-state index contributed by atoms with van der Waals surface area (Å²) < 4.78 is 54.7. The van der Waals surface area contributed by atoms with Crippen molar-refractivity contribution in [1.29, 1.82) is 0 Å². The molecule has 1 saturated heterocycles. The van der Waals surface area contributed by atoms with Crippen LogP contribution in [0.3, 0.4) is 0 Å². The minimum atomic E-state index is -4.64. The summed E-state index contributed by atoms with van der Waals surface area (Å²) in [6.45, 7) is -0.0755. The van der Waals surface area contributed by atoms with Crippen LogP contribution in [0.25, 0.3) is 10.8 Å². The number of alkyl halides is 3. The van der Waals surface area contributed by atoms with E-state index in [2.05, 4.69) is 5.43 Å². The Labute approximate surface area is 123 Å². The number of amides is 1. The number of hydrogen-bond acceptors (Lipinski definition) is 2. The van der Waals surface area contributed by atoms with Gasteiger partial charge >= 0.3 is 6.18 Å². The molecule has 0 aliphatic carbocycles. The Bertz CT molecular complexity index is 724. The highest BCUT2D eigenvalue weighted by Crippen LogP contribution is 2.41. The lowest BCUT2D eigenvalue weighted by molar-refractivity contribution is -0.190. The highest BCUT2D eigenvalue weighted by atomic mass is 19.4. The molecule has 1 amide bonds. The van der Waals surface area contributed by atoms with Crippen LogP contribution in [0, 0.1) is 5.82 Å². The van der Waals surface area contributed by atoms with Gasteiger partial charge in [-0.3, -0.25) is 10.2 Å². The van der Waals surface area contributed by atoms with Crippen LogP contribution in [0.1, 0.15) is 18.0 Å². The van der Waals surface area contributed by atoms with E-state index in [1.807, 2.05) is 0 Å². The molecule has 3 nitrogen and oxygen atoms in total. The normalized spacial score (nSPS) is 17.7. The monoisotopic (exact) mass is 312 g/mol. The van der Waals surface area contributed by atoms with E-state index in [9.17, 15) is 22.4 Å². The molecule has 1 fully saturated rings. The quantitative estimate of drug-likeness (QED) is 0.863. The predicted octanol–water partition coefficient (Wildman–Crippen LogP) is 3.32. The van der Waals surface area contributed by atoms with Crippen LogP contribution in [-0.2, 0) is 4.79 Å². The van der Waals surface area contributed by atoms with Gasteiger partial charge in [-0.05, 0) is 17.0 Å². The van der Waals surface area contributed by atoms with E-state index in [-0.39, 0.29) is 23.9 Å². The molecular formula is C15H12F4N2O. The van der Waals surface area contributed by atoms with Crippen LogP contribution >= 0.6 is 0 Å². The molecule has 1 N–H and O–H groups in total. The lowest BCUT2D eigenvalue weighted by Crippen LogP contribution is -2.43. The predicted molar refractivity (Wildman–Crippen MR) is 72.2 cm³/mol. The molecule has 0 bridgehead atoms. The molecule has 1 aliphatic heterocycles. The van der Waals surface area contributed by atoms with Gasteiger partial charge in [-0.2, -0.15) is 13.2 Å². The lowest BCUT2D eigenvalue weighted by Gasteiger charge is -2.30. The zero-order chi connectivity index (χ0) is 15.9. The maximum absolute atomic E-state index is 14.1. The minimum Gasteiger partial charge on any atom is -0.288 e. The molecule has 2 aromatic carbocycles. The van der Waals surface area contributed by atoms with Crippen molar-refractivity contribution in [2.75, 3.05) is 6.54 Å². The van der Waals surface area contributed by atoms with E-state index in [1.165, 1.54) is 18.2 Å². The second kappa shape index (κ2) is 5.24. The Balaban J connectivity index is 2.19. The number of nitrogens with one attached hydrogen (secondary N) is 1. The molecule has 22 heavy (non-hydrogen) atoms. The first-order valence-electron chi connectivity index (χ1n) is 6.68. The lowest BCUT2D eigenvalue weighted by atomic mass is 9.97. The first kappa shape index (κ1) is 14.8. The molecule has 1 heterocycles. The maximum atomic E-state index is 14.1. The zero-order valence-electron chi connectivity index (χ0n) is 11.3. The van der Waals surface area contributed by atoms with Crippen molar-refractivity contribution in [3.05, 3.63) is 47.8 Å². The molecule has 1 aliphatic rings. The number of benzene rings is 2. The maximum Gasteiger partial charge on any atom is 0.409 e. The summed E-state index contributed by atoms with van der Waals surface area (Å²) in [6, 6.07) is 6.29. The van der Waals surface area contributed by atoms with Crippen molar-refractivity contribution < 1.29 is 22.4 Å². The van der Waals surface area contributed by atoms with Crippen molar-refractivity contribution in [3.8, 4) is 0 Å². The van der Waals surface area contributed by atoms with E-state index in [0.29, 0.717) is 5.39 Å². The number of rotatable bonds is 2. The molecule has 3 rings (SSSR count). The summed E-state index contributed by atoms with van der Waals surface area (Å²) in [4.78, 5) is 11.3. The number of hydrogen-bond donors (Lipinski definition) is 1. The van der Waals surface area contributed by atoms with Crippen LogP contribution < -0.4 is 5.43 Å². The first-order valence-corrected chi connectivity index (χ1v) is 6.68. The van der Waals surface area contributed by atoms with Crippen molar-refractivity contribution in [2.24, 2.45) is 0 Å². The van der Waals surface area contributed by atoms with Crippen molar-refractivity contribution in [2.45, 2.75) is 18.6 Å². The van der Waals surface area contributed by atoms with Crippen LogP contribution in [0.5, 0.6) is 0 Å². The van der Waals surface area contributed by atoms with Gasteiger partial charge in [-0.15, -0.1) is 0 Å². The van der Waals surface area contributed by atoms with Crippen LogP contribution in [-0.4, -0.2) is 23.6 Å². The molecule has 2 aromatic rings. The van der Waals surface area contributed by atoms with Gasteiger partial charge in [0.25, 0.3) is 0 Å². The summed E-state index contributed by atoms with van der Waals surface area (Å²) >= 11 is 0. The second-order valence-corrected chi connectivity index (χ2v) is 5.11. The third-order valence-electron chi connectivity index (χ3n) is 3.65. The Morgan fingerprint density at radius 1 is 1.14 bits per heavy atom. The minimum absolute atomic E-state index is 0.0141. The largest absolute Gasteiger partial charge is 0.409 e. The van der Waals surface area contributed by atoms with E-state index in [1.54, 1.807) is 12.1 Å². The molecular weight excluding hydrogens is 300 g/mol. The summed E-state index contributed by atoms with van der Waals surface area (Å²) in [5, 5.41) is 1.13. The number of carbonyl (C=O) groups is 1. The summed E-state index contributed by atoms with van der Waals surface area (Å²) in [5.41, 5.74) is 1.99. The van der Waals surface area contributed by atoms with Crippen molar-refractivity contribution in [1.82, 2.24) is 10.4 Å². The fourth-order valence-corrected chi connectivity index (χ4v) is 2.76. The molecule has 0 spiro atoms. The summed E-state index contributed by atoms with van der Waals surface area (Å²) in [7, 11) is 0. The van der Waals surface area contributed by atoms with Gasteiger partial charge in [0.15, 0.2) is 6.04 Å². The number of hydrazine groups is 1. The van der Waals surface area contributed by atoms with Crippen LogP contribution in [0.15, 0.2) is 36.4 Å². The number of nitrogens with zero attached hydrogens (tertiary/aromatic N) is 1. The smallest absolute Gasteiger partial charge is 0.288 e. The van der Waals surface area contributed by atoms with E-state index < -0.39 is 23.9 Å². The van der Waals surface area contributed by atoms with Crippen LogP contribution in [0.2, 0.25) is 0 Å². The highest BCUT2D eigenvalue weighted by molar-refractivity contribution is 5.87. The standard InChI is InChI=1S/C15H12F4N2O/c16-11-6-2-4-9-3-1-5-10(13(9)11)14(15(17,18)19)21-8-7-12(22)20-21/h1-6,14H,7-8H2,(H,20,22). The number of halogens is 4. The SMILES string of the molecule is O=C1CCN(C(c2cccc3cccc(F)c23)C(F)(F)F)N1. The van der Waals surface area contributed by atoms with Crippen molar-refractivity contribution >= 4 is 16.7 Å². The topological polar surface area (TPSA) is 32.3 Å². The summed E-state index contributed by atoms with van der Waals surface area (Å²) in [6.07, 6.45) is -4.66. The average Bonchev–Trinajstić information content (AvgIpc) is 2.84. The average molecular weight is 312 g/mol. The van der Waals surface area contributed by atoms with E-state index in [4.69, 9.17) is 0 Å². The molecule has 0 aromatic heterocycles. The van der Waals surface area contributed by atoms with Gasteiger partial charge in [0.05, 0.1) is 0 Å². The van der Waals surface area contributed by atoms with Gasteiger partial charge in [-0.1, -0.05) is 30.3 Å². The summed E-state index contributed by atoms with van der Waals surface area (Å²) in [5.74, 6) is -1.19.